The summed E-state index contributed by atoms with van der Waals surface area (Å²) in [6.45, 7) is 5.92. The Morgan fingerprint density at radius 1 is 1.40 bits per heavy atom. The molecular formula is C13H23NO5S. The maximum absolute atomic E-state index is 11.5. The monoisotopic (exact) mass is 305 g/mol. The average molecular weight is 305 g/mol. The molecule has 1 saturated carbocycles. The molecule has 1 aliphatic rings. The lowest BCUT2D eigenvalue weighted by Crippen LogP contribution is -2.45. The van der Waals surface area contributed by atoms with Gasteiger partial charge in [-0.1, -0.05) is 0 Å². The molecule has 0 heterocycles. The van der Waals surface area contributed by atoms with E-state index < -0.39 is 23.7 Å². The zero-order valence-corrected chi connectivity index (χ0v) is 13.0. The van der Waals surface area contributed by atoms with Crippen molar-refractivity contribution in [3.8, 4) is 0 Å². The Hall–Kier alpha value is -0.950. The number of carboxylic acid groups (broad SMARTS) is 1. The van der Waals surface area contributed by atoms with Gasteiger partial charge in [-0.05, 0) is 39.5 Å². The molecule has 0 saturated heterocycles. The summed E-state index contributed by atoms with van der Waals surface area (Å²) in [5, 5.41) is 11.4. The van der Waals surface area contributed by atoms with E-state index in [0.29, 0.717) is 11.9 Å². The highest BCUT2D eigenvalue weighted by Gasteiger charge is 2.24. The van der Waals surface area contributed by atoms with Gasteiger partial charge in [0.2, 0.25) is 0 Å². The molecule has 0 aliphatic heterocycles. The Labute approximate surface area is 123 Å². The fourth-order valence-corrected chi connectivity index (χ4v) is 2.12. The second-order valence-electron chi connectivity index (χ2n) is 5.84. The molecule has 0 spiro atoms. The van der Waals surface area contributed by atoms with Crippen LogP contribution in [0.3, 0.4) is 0 Å². The molecule has 116 valence electrons. The first-order valence-electron chi connectivity index (χ1n) is 6.66. The second-order valence-corrected chi connectivity index (χ2v) is 6.82. The molecule has 1 unspecified atom stereocenters. The maximum atomic E-state index is 11.5. The third-order valence-corrected chi connectivity index (χ3v) is 3.39. The first-order chi connectivity index (χ1) is 9.28. The molecule has 6 nitrogen and oxygen atoms in total. The predicted octanol–water partition coefficient (Wildman–Crippen LogP) is 2.08. The summed E-state index contributed by atoms with van der Waals surface area (Å²) in [7, 11) is 0. The molecule has 0 aromatic heterocycles. The van der Waals surface area contributed by atoms with Crippen LogP contribution < -0.4 is 5.32 Å². The number of ether oxygens (including phenoxy) is 2. The van der Waals surface area contributed by atoms with Crippen molar-refractivity contribution in [2.45, 2.75) is 45.3 Å². The van der Waals surface area contributed by atoms with Gasteiger partial charge >= 0.3 is 12.1 Å². The predicted molar refractivity (Wildman–Crippen MR) is 76.8 cm³/mol. The third-order valence-electron chi connectivity index (χ3n) is 2.49. The smallest absolute Gasteiger partial charge is 0.408 e. The minimum atomic E-state index is -1.08. The van der Waals surface area contributed by atoms with E-state index in [4.69, 9.17) is 14.6 Å². The van der Waals surface area contributed by atoms with E-state index in [9.17, 15) is 9.59 Å². The molecule has 0 aromatic carbocycles. The second kappa shape index (κ2) is 7.73. The quantitative estimate of drug-likeness (QED) is 0.527. The van der Waals surface area contributed by atoms with Gasteiger partial charge in [-0.2, -0.15) is 0 Å². The number of thioether (sulfide) groups is 1. The lowest BCUT2D eigenvalue weighted by atomic mass is 10.2. The number of carboxylic acids is 1. The number of nitrogens with one attached hydrogen (secondary N) is 1. The lowest BCUT2D eigenvalue weighted by Gasteiger charge is -2.21. The number of rotatable bonds is 8. The standard InChI is InChI=1S/C13H23NO5S/c1-13(2,3)19-12(17)14-10(11(15)16)7-20-8-18-6-9-4-5-9/h9-10H,4-8H2,1-3H3,(H,14,17)(H,15,16). The van der Waals surface area contributed by atoms with Gasteiger partial charge in [0.15, 0.2) is 0 Å². The Morgan fingerprint density at radius 3 is 2.55 bits per heavy atom. The Kier molecular flexibility index (Phi) is 6.61. The zero-order valence-electron chi connectivity index (χ0n) is 12.2. The van der Waals surface area contributed by atoms with Crippen LogP contribution >= 0.6 is 11.8 Å². The fraction of sp³-hybridized carbons (Fsp3) is 0.846. The molecule has 7 heteroatoms. The molecule has 0 bridgehead atoms. The van der Waals surface area contributed by atoms with Gasteiger partial charge in [0.25, 0.3) is 0 Å². The summed E-state index contributed by atoms with van der Waals surface area (Å²) < 4.78 is 10.4. The van der Waals surface area contributed by atoms with Crippen LogP contribution in [0, 0.1) is 5.92 Å². The molecule has 1 rings (SSSR count). The molecule has 0 aromatic rings. The molecular weight excluding hydrogens is 282 g/mol. The summed E-state index contributed by atoms with van der Waals surface area (Å²) in [5.74, 6) is 0.298. The van der Waals surface area contributed by atoms with E-state index in [0.717, 1.165) is 6.61 Å². The molecule has 1 atom stereocenters. The van der Waals surface area contributed by atoms with Crippen molar-refractivity contribution in [1.29, 1.82) is 0 Å². The largest absolute Gasteiger partial charge is 0.480 e. The van der Waals surface area contributed by atoms with E-state index in [-0.39, 0.29) is 5.75 Å². The van der Waals surface area contributed by atoms with Crippen molar-refractivity contribution >= 4 is 23.8 Å². The van der Waals surface area contributed by atoms with E-state index in [1.165, 1.54) is 24.6 Å². The van der Waals surface area contributed by atoms with Crippen molar-refractivity contribution in [1.82, 2.24) is 5.32 Å². The number of hydrogen-bond donors (Lipinski definition) is 2. The van der Waals surface area contributed by atoms with Gasteiger partial charge in [0.05, 0.1) is 12.5 Å². The fourth-order valence-electron chi connectivity index (χ4n) is 1.35. The van der Waals surface area contributed by atoms with Crippen LogP contribution in [0.15, 0.2) is 0 Å². The van der Waals surface area contributed by atoms with E-state index >= 15 is 0 Å². The van der Waals surface area contributed by atoms with Crippen molar-refractivity contribution in [3.05, 3.63) is 0 Å². The highest BCUT2D eigenvalue weighted by Crippen LogP contribution is 2.29. The van der Waals surface area contributed by atoms with Crippen LogP contribution in [0.25, 0.3) is 0 Å². The first-order valence-corrected chi connectivity index (χ1v) is 7.81. The molecule has 1 fully saturated rings. The van der Waals surface area contributed by atoms with Crippen molar-refractivity contribution in [3.63, 3.8) is 0 Å². The number of hydrogen-bond acceptors (Lipinski definition) is 5. The number of alkyl carbamates (subject to hydrolysis) is 1. The SMILES string of the molecule is CC(C)(C)OC(=O)NC(CSCOCC1CC1)C(=O)O. The summed E-state index contributed by atoms with van der Waals surface area (Å²) in [6.07, 6.45) is 1.73. The Balaban J connectivity index is 2.21. The normalized spacial score (nSPS) is 16.6. The van der Waals surface area contributed by atoms with Crippen molar-refractivity contribution in [2.24, 2.45) is 5.92 Å². The Bertz CT molecular complexity index is 338. The molecule has 1 aliphatic carbocycles. The van der Waals surface area contributed by atoms with Gasteiger partial charge in [-0.3, -0.25) is 0 Å². The summed E-state index contributed by atoms with van der Waals surface area (Å²) >= 11 is 1.35. The summed E-state index contributed by atoms with van der Waals surface area (Å²) in [4.78, 5) is 22.6. The molecule has 1 amide bonds. The van der Waals surface area contributed by atoms with Crippen molar-refractivity contribution < 1.29 is 24.2 Å². The van der Waals surface area contributed by atoms with E-state index in [1.54, 1.807) is 20.8 Å². The molecule has 0 radical (unpaired) electrons. The van der Waals surface area contributed by atoms with Crippen LogP contribution in [-0.4, -0.2) is 47.1 Å². The lowest BCUT2D eigenvalue weighted by molar-refractivity contribution is -0.138. The maximum Gasteiger partial charge on any atom is 0.408 e. The van der Waals surface area contributed by atoms with Crippen LogP contribution in [0.1, 0.15) is 33.6 Å². The summed E-state index contributed by atoms with van der Waals surface area (Å²) in [6, 6.07) is -0.973. The number of amides is 1. The third kappa shape index (κ3) is 8.27. The van der Waals surface area contributed by atoms with Crippen LogP contribution in [0.5, 0.6) is 0 Å². The van der Waals surface area contributed by atoms with Gasteiger partial charge < -0.3 is 19.9 Å². The Morgan fingerprint density at radius 2 is 2.05 bits per heavy atom. The minimum Gasteiger partial charge on any atom is -0.480 e. The van der Waals surface area contributed by atoms with Crippen LogP contribution in [-0.2, 0) is 14.3 Å². The highest BCUT2D eigenvalue weighted by molar-refractivity contribution is 7.99. The average Bonchev–Trinajstić information content (AvgIpc) is 3.08. The van der Waals surface area contributed by atoms with E-state index in [2.05, 4.69) is 5.32 Å². The van der Waals surface area contributed by atoms with Gasteiger partial charge in [-0.15, -0.1) is 11.8 Å². The number of aliphatic carboxylic acids is 1. The van der Waals surface area contributed by atoms with Crippen molar-refractivity contribution in [2.75, 3.05) is 18.3 Å². The van der Waals surface area contributed by atoms with Gasteiger partial charge in [0.1, 0.15) is 11.6 Å². The van der Waals surface area contributed by atoms with Gasteiger partial charge in [-0.25, -0.2) is 9.59 Å². The van der Waals surface area contributed by atoms with Crippen LogP contribution in [0.2, 0.25) is 0 Å². The minimum absolute atomic E-state index is 0.249. The number of carbonyl (C=O) groups excluding carboxylic acids is 1. The topological polar surface area (TPSA) is 84.9 Å². The van der Waals surface area contributed by atoms with E-state index in [1.807, 2.05) is 0 Å². The summed E-state index contributed by atoms with van der Waals surface area (Å²) in [5.41, 5.74) is -0.645. The van der Waals surface area contributed by atoms with Gasteiger partial charge in [0, 0.05) is 5.75 Å². The highest BCUT2D eigenvalue weighted by atomic mass is 32.2. The molecule has 2 N–H and O–H groups in total. The van der Waals surface area contributed by atoms with Crippen LogP contribution in [0.4, 0.5) is 4.79 Å². The number of carbonyl (C=O) groups is 2. The zero-order chi connectivity index (χ0) is 15.2. The first kappa shape index (κ1) is 17.1. The molecule has 20 heavy (non-hydrogen) atoms.